The summed E-state index contributed by atoms with van der Waals surface area (Å²) in [5, 5.41) is 10.4. The van der Waals surface area contributed by atoms with E-state index in [4.69, 9.17) is 15.2 Å². The number of imidazole rings is 1. The van der Waals surface area contributed by atoms with Crippen molar-refractivity contribution in [1.29, 1.82) is 0 Å². The number of nitrogens with zero attached hydrogens (tertiary/aromatic N) is 4. The van der Waals surface area contributed by atoms with Crippen molar-refractivity contribution >= 4 is 41.4 Å². The van der Waals surface area contributed by atoms with Crippen LogP contribution >= 0.6 is 24.4 Å². The summed E-state index contributed by atoms with van der Waals surface area (Å²) in [4.78, 5) is 13.1. The number of nitrogen functional groups attached to an aromatic ring is 1. The average Bonchev–Trinajstić information content (AvgIpc) is 3.25. The number of aliphatic hydroxyl groups excluding tert-OH is 1. The molecular formula is C17H27N5O3S2. The van der Waals surface area contributed by atoms with E-state index < -0.39 is 0 Å². The molecule has 150 valence electrons. The Kier molecular flexibility index (Phi) is 7.59. The molecule has 10 heteroatoms. The highest BCUT2D eigenvalue weighted by molar-refractivity contribution is 7.99. The second-order valence-electron chi connectivity index (χ2n) is 6.50. The van der Waals surface area contributed by atoms with Crippen LogP contribution < -0.4 is 5.73 Å². The molecule has 3 atom stereocenters. The summed E-state index contributed by atoms with van der Waals surface area (Å²) in [6.07, 6.45) is 5.83. The average molecular weight is 414 g/mol. The zero-order valence-corrected chi connectivity index (χ0v) is 17.2. The van der Waals surface area contributed by atoms with Crippen LogP contribution in [-0.4, -0.2) is 62.1 Å². The largest absolute Gasteiger partial charge is 0.394 e. The van der Waals surface area contributed by atoms with Gasteiger partial charge in [0, 0.05) is 19.3 Å². The molecule has 0 radical (unpaired) electrons. The third kappa shape index (κ3) is 4.68. The minimum absolute atomic E-state index is 0.0909. The molecule has 1 aliphatic rings. The number of thioether (sulfide) groups is 1. The van der Waals surface area contributed by atoms with Gasteiger partial charge >= 0.3 is 0 Å². The summed E-state index contributed by atoms with van der Waals surface area (Å²) < 4.78 is 13.5. The van der Waals surface area contributed by atoms with Crippen molar-refractivity contribution in [2.45, 2.75) is 55.7 Å². The summed E-state index contributed by atoms with van der Waals surface area (Å²) in [5.74, 6) is 2.24. The van der Waals surface area contributed by atoms with Crippen molar-refractivity contribution in [3.05, 3.63) is 6.33 Å². The highest BCUT2D eigenvalue weighted by Crippen LogP contribution is 2.37. The van der Waals surface area contributed by atoms with Crippen molar-refractivity contribution in [3.63, 3.8) is 0 Å². The molecule has 0 saturated carbocycles. The van der Waals surface area contributed by atoms with Gasteiger partial charge in [-0.3, -0.25) is 4.57 Å². The number of nitrogens with two attached hydrogens (primary N) is 1. The predicted octanol–water partition coefficient (Wildman–Crippen LogP) is 2.29. The molecule has 1 aliphatic heterocycles. The van der Waals surface area contributed by atoms with Gasteiger partial charge in [-0.25, -0.2) is 15.0 Å². The first-order valence-corrected chi connectivity index (χ1v) is 10.8. The van der Waals surface area contributed by atoms with Crippen LogP contribution in [0.15, 0.2) is 11.5 Å². The van der Waals surface area contributed by atoms with Gasteiger partial charge in [0.1, 0.15) is 18.7 Å². The fourth-order valence-corrected chi connectivity index (χ4v) is 4.52. The molecule has 0 spiro atoms. The third-order valence-electron chi connectivity index (χ3n) is 4.71. The first kappa shape index (κ1) is 20.7. The van der Waals surface area contributed by atoms with Gasteiger partial charge in [0.15, 0.2) is 22.1 Å². The molecule has 2 aromatic heterocycles. The first-order chi connectivity index (χ1) is 13.2. The lowest BCUT2D eigenvalue weighted by Crippen LogP contribution is -2.26. The number of hydrogen-bond donors (Lipinski definition) is 3. The van der Waals surface area contributed by atoms with E-state index in [1.807, 2.05) is 4.57 Å². The number of aromatic nitrogens is 4. The Morgan fingerprint density at radius 1 is 1.37 bits per heavy atom. The maximum atomic E-state index is 9.57. The first-order valence-electron chi connectivity index (χ1n) is 9.20. The normalized spacial score (nSPS) is 22.7. The molecule has 0 amide bonds. The predicted molar refractivity (Wildman–Crippen MR) is 109 cm³/mol. The van der Waals surface area contributed by atoms with E-state index >= 15 is 0 Å². The number of methoxy groups -OCH3 is 1. The molecule has 3 N–H and O–H groups in total. The summed E-state index contributed by atoms with van der Waals surface area (Å²) >= 11 is 5.92. The molecule has 0 aromatic carbocycles. The number of rotatable bonds is 10. The number of anilines is 1. The zero-order chi connectivity index (χ0) is 19.2. The number of fused-ring (bicyclic) bond motifs is 1. The van der Waals surface area contributed by atoms with E-state index in [9.17, 15) is 5.11 Å². The van der Waals surface area contributed by atoms with E-state index in [2.05, 4.69) is 27.6 Å². The molecule has 0 bridgehead atoms. The molecule has 3 unspecified atom stereocenters. The van der Waals surface area contributed by atoms with Crippen LogP contribution in [0.4, 0.5) is 5.82 Å². The highest BCUT2D eigenvalue weighted by atomic mass is 32.2. The van der Waals surface area contributed by atoms with E-state index in [0.717, 1.165) is 29.5 Å². The molecule has 8 nitrogen and oxygen atoms in total. The molecule has 1 saturated heterocycles. The van der Waals surface area contributed by atoms with Gasteiger partial charge in [-0.2, -0.15) is 12.6 Å². The lowest BCUT2D eigenvalue weighted by atomic mass is 10.2. The van der Waals surface area contributed by atoms with Crippen molar-refractivity contribution < 1.29 is 14.6 Å². The second-order valence-corrected chi connectivity index (χ2v) is 8.01. The van der Waals surface area contributed by atoms with Crippen molar-refractivity contribution in [1.82, 2.24) is 19.5 Å². The fraction of sp³-hybridized carbons (Fsp3) is 0.706. The topological polar surface area (TPSA) is 108 Å². The monoisotopic (exact) mass is 413 g/mol. The van der Waals surface area contributed by atoms with Gasteiger partial charge in [0.2, 0.25) is 0 Å². The Balaban J connectivity index is 1.80. The second kappa shape index (κ2) is 9.92. The number of aliphatic hydroxyl groups is 1. The lowest BCUT2D eigenvalue weighted by molar-refractivity contribution is -0.0534. The summed E-state index contributed by atoms with van der Waals surface area (Å²) in [6, 6.07) is 0. The Hall–Kier alpha value is -1.07. The molecule has 2 aromatic rings. The zero-order valence-electron chi connectivity index (χ0n) is 15.5. The molecule has 0 aliphatic carbocycles. The van der Waals surface area contributed by atoms with Gasteiger partial charge in [-0.05, 0) is 18.6 Å². The third-order valence-corrected chi connectivity index (χ3v) is 6.06. The Labute approximate surface area is 168 Å². The molecular weight excluding hydrogens is 386 g/mol. The van der Waals surface area contributed by atoms with Crippen LogP contribution in [0.25, 0.3) is 11.2 Å². The summed E-state index contributed by atoms with van der Waals surface area (Å²) in [6.45, 7) is -0.0909. The maximum absolute atomic E-state index is 9.57. The minimum Gasteiger partial charge on any atom is -0.394 e. The Bertz CT molecular complexity index is 733. The van der Waals surface area contributed by atoms with Crippen LogP contribution in [0, 0.1) is 0 Å². The van der Waals surface area contributed by atoms with Crippen LogP contribution in [0.3, 0.4) is 0 Å². The van der Waals surface area contributed by atoms with Crippen molar-refractivity contribution in [2.24, 2.45) is 0 Å². The van der Waals surface area contributed by atoms with E-state index in [0.29, 0.717) is 23.4 Å². The molecule has 1 fully saturated rings. The van der Waals surface area contributed by atoms with Gasteiger partial charge < -0.3 is 20.3 Å². The summed E-state index contributed by atoms with van der Waals surface area (Å²) in [5.41, 5.74) is 7.24. The van der Waals surface area contributed by atoms with E-state index in [1.54, 1.807) is 18.9 Å². The van der Waals surface area contributed by atoms with E-state index in [1.165, 1.54) is 19.2 Å². The molecule has 3 rings (SSSR count). The summed E-state index contributed by atoms with van der Waals surface area (Å²) in [7, 11) is 1.63. The van der Waals surface area contributed by atoms with Gasteiger partial charge in [-0.15, -0.1) is 0 Å². The van der Waals surface area contributed by atoms with Crippen LogP contribution in [0.2, 0.25) is 0 Å². The fourth-order valence-electron chi connectivity index (χ4n) is 3.27. The Morgan fingerprint density at radius 3 is 2.89 bits per heavy atom. The van der Waals surface area contributed by atoms with Crippen LogP contribution in [0.5, 0.6) is 0 Å². The molecule has 27 heavy (non-hydrogen) atoms. The van der Waals surface area contributed by atoms with Gasteiger partial charge in [0.25, 0.3) is 0 Å². The highest BCUT2D eigenvalue weighted by Gasteiger charge is 2.38. The SMILES string of the molecule is COC1CC(n2c(SCCCCCCS)nc3c(N)ncnc32)OC1CO. The molecule has 3 heterocycles. The van der Waals surface area contributed by atoms with E-state index in [-0.39, 0.29) is 25.0 Å². The standard InChI is InChI=1S/C17H27N5O3S2/c1-24-11-8-13(25-12(11)9-23)22-16-14(15(18)19-10-20-16)21-17(22)27-7-5-3-2-4-6-26/h10-13,23,26H,2-9H2,1H3,(H2,18,19,20). The number of hydrogen-bond acceptors (Lipinski definition) is 9. The van der Waals surface area contributed by atoms with Crippen molar-refractivity contribution in [3.8, 4) is 0 Å². The van der Waals surface area contributed by atoms with Gasteiger partial charge in [0.05, 0.1) is 12.7 Å². The number of ether oxygens (including phenoxy) is 2. The number of thiol groups is 1. The smallest absolute Gasteiger partial charge is 0.172 e. The maximum Gasteiger partial charge on any atom is 0.172 e. The minimum atomic E-state index is -0.365. The van der Waals surface area contributed by atoms with Gasteiger partial charge in [-0.1, -0.05) is 24.6 Å². The van der Waals surface area contributed by atoms with Crippen LogP contribution in [0.1, 0.15) is 38.3 Å². The quantitative estimate of drug-likeness (QED) is 0.309. The van der Waals surface area contributed by atoms with Crippen molar-refractivity contribution in [2.75, 3.05) is 31.0 Å². The number of unbranched alkanes of at least 4 members (excludes halogenated alkanes) is 3. The lowest BCUT2D eigenvalue weighted by Gasteiger charge is -2.16. The van der Waals surface area contributed by atoms with Crippen LogP contribution in [-0.2, 0) is 9.47 Å². The Morgan fingerprint density at radius 2 is 2.19 bits per heavy atom.